The predicted molar refractivity (Wildman–Crippen MR) is 167 cm³/mol. The number of halogens is 1. The number of rotatable bonds is 4. The maximum atomic E-state index is 15.1. The number of ether oxygens (including phenoxy) is 1. The van der Waals surface area contributed by atoms with Crippen LogP contribution in [0.15, 0.2) is 144 Å². The molecule has 2 aliphatic rings. The van der Waals surface area contributed by atoms with Gasteiger partial charge >= 0.3 is 0 Å². The second kappa shape index (κ2) is 10.6. The van der Waals surface area contributed by atoms with Crippen LogP contribution in [-0.2, 0) is 15.3 Å². The number of benzene rings is 5. The van der Waals surface area contributed by atoms with Gasteiger partial charge in [-0.2, -0.15) is 0 Å². The van der Waals surface area contributed by atoms with Gasteiger partial charge in [0.05, 0.1) is 11.3 Å². The largest absolute Gasteiger partial charge is 0.462 e. The molecule has 0 unspecified atom stereocenters. The van der Waals surface area contributed by atoms with E-state index in [0.717, 1.165) is 32.8 Å². The van der Waals surface area contributed by atoms with E-state index in [1.165, 1.54) is 0 Å². The highest BCUT2D eigenvalue weighted by Gasteiger charge is 2.54. The summed E-state index contributed by atoms with van der Waals surface area (Å²) < 4.78 is 7.34. The molecule has 1 amide bonds. The zero-order chi connectivity index (χ0) is 27.8. The van der Waals surface area contributed by atoms with Gasteiger partial charge < -0.3 is 4.74 Å². The summed E-state index contributed by atoms with van der Waals surface area (Å²) in [7, 11) is 0. The Kier molecular flexibility index (Phi) is 6.66. The third-order valence-electron chi connectivity index (χ3n) is 7.66. The Bertz CT molecular complexity index is 1760. The molecule has 41 heavy (non-hydrogen) atoms. The lowest BCUT2D eigenvalue weighted by Gasteiger charge is -2.48. The summed E-state index contributed by atoms with van der Waals surface area (Å²) in [4.78, 5) is 18.0. The zero-order valence-electron chi connectivity index (χ0n) is 22.1. The van der Waals surface area contributed by atoms with E-state index >= 15 is 4.79 Å². The number of anilines is 1. The van der Waals surface area contributed by atoms with E-state index in [-0.39, 0.29) is 11.2 Å². The summed E-state index contributed by atoms with van der Waals surface area (Å²) in [5.41, 5.74) is 3.94. The first-order chi connectivity index (χ1) is 20.1. The zero-order valence-corrected chi connectivity index (χ0v) is 23.7. The number of amides is 1. The number of carbonyl (C=O) groups excluding carboxylic acids is 1. The molecule has 0 N–H and O–H groups in total. The van der Waals surface area contributed by atoms with Crippen LogP contribution in [0.1, 0.15) is 33.9 Å². The van der Waals surface area contributed by atoms with Crippen LogP contribution in [0.5, 0.6) is 0 Å². The molecule has 0 saturated heterocycles. The molecule has 5 aromatic carbocycles. The first kappa shape index (κ1) is 25.7. The number of carbonyl (C=O) groups is 1. The third-order valence-corrected chi connectivity index (χ3v) is 9.21. The summed E-state index contributed by atoms with van der Waals surface area (Å²) in [5, 5.41) is 0.645. The molecule has 2 heterocycles. The van der Waals surface area contributed by atoms with Crippen LogP contribution in [0.4, 0.5) is 5.69 Å². The Hall–Kier alpha value is -4.25. The second-order valence-electron chi connectivity index (χ2n) is 10.2. The average Bonchev–Trinajstić information content (AvgIpc) is 3.18. The smallest absolute Gasteiger partial charge is 0.266 e. The highest BCUT2D eigenvalue weighted by molar-refractivity contribution is 7.99. The lowest BCUT2D eigenvalue weighted by atomic mass is 9.87. The molecular weight excluding hydrogens is 546 g/mol. The van der Waals surface area contributed by atoms with Crippen molar-refractivity contribution in [2.24, 2.45) is 0 Å². The Morgan fingerprint density at radius 2 is 1.37 bits per heavy atom. The van der Waals surface area contributed by atoms with E-state index in [9.17, 15) is 0 Å². The van der Waals surface area contributed by atoms with Gasteiger partial charge in [0, 0.05) is 32.7 Å². The number of thioether (sulfide) groups is 1. The van der Waals surface area contributed by atoms with Crippen molar-refractivity contribution in [2.75, 3.05) is 4.90 Å². The number of para-hydroxylation sites is 1. The first-order valence-corrected chi connectivity index (χ1v) is 14.9. The van der Waals surface area contributed by atoms with Crippen LogP contribution >= 0.6 is 23.4 Å². The van der Waals surface area contributed by atoms with Crippen LogP contribution < -0.4 is 4.90 Å². The summed E-state index contributed by atoms with van der Waals surface area (Å²) >= 11 is 8.24. The van der Waals surface area contributed by atoms with Crippen molar-refractivity contribution in [3.8, 4) is 0 Å². The summed E-state index contributed by atoms with van der Waals surface area (Å²) in [6, 6.07) is 46.0. The van der Waals surface area contributed by atoms with Crippen molar-refractivity contribution < 1.29 is 9.53 Å². The molecular formula is C36H26ClNO2S. The Labute approximate surface area is 249 Å². The SMILES string of the molecule is O=C1C(c2ccccc2)=C(c2ccccc2)O[C@@]2(c3ccccc3)C[C@@H](c3cccc(Cl)c3)Sc3ccccc3N12. The number of fused-ring (bicyclic) bond motifs is 3. The molecule has 0 aliphatic carbocycles. The van der Waals surface area contributed by atoms with Crippen molar-refractivity contribution in [2.45, 2.75) is 22.3 Å². The van der Waals surface area contributed by atoms with Crippen molar-refractivity contribution in [1.82, 2.24) is 0 Å². The molecule has 3 nitrogen and oxygen atoms in total. The van der Waals surface area contributed by atoms with E-state index in [4.69, 9.17) is 16.3 Å². The fraction of sp³-hybridized carbons (Fsp3) is 0.0833. The van der Waals surface area contributed by atoms with Gasteiger partial charge in [0.25, 0.3) is 5.91 Å². The predicted octanol–water partition coefficient (Wildman–Crippen LogP) is 9.36. The van der Waals surface area contributed by atoms with Crippen LogP contribution in [-0.4, -0.2) is 5.91 Å². The van der Waals surface area contributed by atoms with Gasteiger partial charge in [0.1, 0.15) is 5.76 Å². The normalized spacial score (nSPS) is 20.1. The molecule has 0 aromatic heterocycles. The van der Waals surface area contributed by atoms with Crippen LogP contribution in [0.3, 0.4) is 0 Å². The highest BCUT2D eigenvalue weighted by atomic mass is 35.5. The molecule has 0 fully saturated rings. The van der Waals surface area contributed by atoms with Gasteiger partial charge in [0.15, 0.2) is 0 Å². The van der Waals surface area contributed by atoms with Gasteiger partial charge in [-0.25, -0.2) is 0 Å². The molecule has 2 aliphatic heterocycles. The molecule has 0 spiro atoms. The molecule has 0 radical (unpaired) electrons. The third kappa shape index (κ3) is 4.54. The Balaban J connectivity index is 1.55. The van der Waals surface area contributed by atoms with E-state index in [0.29, 0.717) is 22.8 Å². The quantitative estimate of drug-likeness (QED) is 0.215. The summed E-state index contributed by atoms with van der Waals surface area (Å²) in [6.45, 7) is 0. The van der Waals surface area contributed by atoms with Crippen LogP contribution in [0.25, 0.3) is 11.3 Å². The van der Waals surface area contributed by atoms with Crippen molar-refractivity contribution in [1.29, 1.82) is 0 Å². The molecule has 0 saturated carbocycles. The van der Waals surface area contributed by atoms with E-state index < -0.39 is 5.72 Å². The lowest BCUT2D eigenvalue weighted by Crippen LogP contribution is -2.55. The van der Waals surface area contributed by atoms with Gasteiger partial charge in [-0.05, 0) is 35.4 Å². The highest BCUT2D eigenvalue weighted by Crippen LogP contribution is 2.58. The molecule has 7 rings (SSSR count). The topological polar surface area (TPSA) is 29.5 Å². The number of nitrogens with zero attached hydrogens (tertiary/aromatic N) is 1. The molecule has 5 heteroatoms. The minimum atomic E-state index is -1.12. The van der Waals surface area contributed by atoms with Gasteiger partial charge in [0.2, 0.25) is 5.72 Å². The minimum absolute atomic E-state index is 0.0387. The van der Waals surface area contributed by atoms with Crippen molar-refractivity contribution >= 4 is 46.3 Å². The lowest BCUT2D eigenvalue weighted by molar-refractivity contribution is -0.120. The minimum Gasteiger partial charge on any atom is -0.462 e. The standard InChI is InChI=1S/C36H26ClNO2S/c37-29-20-12-17-27(23-29)32-24-36(28-18-8-3-9-19-28)38(30-21-10-11-22-31(30)41-32)35(39)33(25-13-4-1-5-14-25)34(40-36)26-15-6-2-7-16-26/h1-23,32H,24H2/t32-,36+/m0/s1. The fourth-order valence-corrected chi connectivity index (χ4v) is 7.35. The summed E-state index contributed by atoms with van der Waals surface area (Å²) in [6.07, 6.45) is 0.515. The van der Waals surface area contributed by atoms with E-state index in [1.54, 1.807) is 11.8 Å². The van der Waals surface area contributed by atoms with Gasteiger partial charge in [-0.3, -0.25) is 9.69 Å². The maximum Gasteiger partial charge on any atom is 0.266 e. The Morgan fingerprint density at radius 1 is 0.732 bits per heavy atom. The number of hydrogen-bond acceptors (Lipinski definition) is 3. The van der Waals surface area contributed by atoms with Crippen molar-refractivity contribution in [3.63, 3.8) is 0 Å². The molecule has 2 atom stereocenters. The van der Waals surface area contributed by atoms with E-state index in [1.807, 2.05) is 120 Å². The van der Waals surface area contributed by atoms with Crippen LogP contribution in [0.2, 0.25) is 5.02 Å². The monoisotopic (exact) mass is 571 g/mol. The van der Waals surface area contributed by atoms with Crippen LogP contribution in [0, 0.1) is 0 Å². The second-order valence-corrected chi connectivity index (χ2v) is 11.8. The van der Waals surface area contributed by atoms with Gasteiger partial charge in [-0.1, -0.05) is 127 Å². The van der Waals surface area contributed by atoms with E-state index in [2.05, 4.69) is 24.3 Å². The van der Waals surface area contributed by atoms with Gasteiger partial charge in [-0.15, -0.1) is 11.8 Å². The molecule has 5 aromatic rings. The summed E-state index contributed by atoms with van der Waals surface area (Å²) in [5.74, 6) is 0.487. The molecule has 0 bridgehead atoms. The first-order valence-electron chi connectivity index (χ1n) is 13.6. The molecule has 200 valence electrons. The van der Waals surface area contributed by atoms with Crippen molar-refractivity contribution in [3.05, 3.63) is 167 Å². The fourth-order valence-electron chi connectivity index (χ4n) is 5.81. The Morgan fingerprint density at radius 3 is 2.07 bits per heavy atom. The maximum absolute atomic E-state index is 15.1. The number of hydrogen-bond donors (Lipinski definition) is 0. The average molecular weight is 572 g/mol.